The molecule has 2 aliphatic rings. The van der Waals surface area contributed by atoms with Crippen LogP contribution in [0.15, 0.2) is 27.4 Å². The van der Waals surface area contributed by atoms with E-state index in [2.05, 4.69) is 17.5 Å². The highest BCUT2D eigenvalue weighted by molar-refractivity contribution is 5.57. The number of allylic oxidation sites excluding steroid dienone is 1. The molecule has 3 rings (SSSR count). The lowest BCUT2D eigenvalue weighted by Gasteiger charge is -2.34. The monoisotopic (exact) mass is 219 g/mol. The number of ether oxygens (including phenoxy) is 1. The summed E-state index contributed by atoms with van der Waals surface area (Å²) in [6.07, 6.45) is 6.29. The smallest absolute Gasteiger partial charge is 0.363 e. The van der Waals surface area contributed by atoms with Crippen LogP contribution >= 0.6 is 0 Å². The molecule has 1 N–H and O–H groups in total. The van der Waals surface area contributed by atoms with Gasteiger partial charge in [-0.15, -0.1) is 0 Å². The molecular formula is C12H13NO3. The molecule has 0 radical (unpaired) electrons. The SMILES string of the molecule is Cc1cc2c(c(=O)o1)N[C@H]1C=CCC[C@H]1O2. The number of hydrogen-bond acceptors (Lipinski definition) is 4. The van der Waals surface area contributed by atoms with Gasteiger partial charge in [0.25, 0.3) is 0 Å². The maximum absolute atomic E-state index is 11.6. The number of aryl methyl sites for hydroxylation is 1. The molecule has 0 saturated carbocycles. The first-order valence-corrected chi connectivity index (χ1v) is 5.48. The molecule has 16 heavy (non-hydrogen) atoms. The summed E-state index contributed by atoms with van der Waals surface area (Å²) < 4.78 is 10.9. The molecule has 0 bridgehead atoms. The van der Waals surface area contributed by atoms with Gasteiger partial charge in [-0.1, -0.05) is 12.2 Å². The van der Waals surface area contributed by atoms with Gasteiger partial charge in [0.2, 0.25) is 0 Å². The zero-order chi connectivity index (χ0) is 11.1. The van der Waals surface area contributed by atoms with Crippen molar-refractivity contribution in [3.63, 3.8) is 0 Å². The summed E-state index contributed by atoms with van der Waals surface area (Å²) in [6, 6.07) is 1.85. The van der Waals surface area contributed by atoms with Crippen molar-refractivity contribution in [1.29, 1.82) is 0 Å². The molecule has 1 aliphatic heterocycles. The second kappa shape index (κ2) is 3.40. The lowest BCUT2D eigenvalue weighted by atomic mass is 9.97. The fraction of sp³-hybridized carbons (Fsp3) is 0.417. The number of nitrogens with one attached hydrogen (secondary N) is 1. The molecule has 1 aliphatic carbocycles. The summed E-state index contributed by atoms with van der Waals surface area (Å²) >= 11 is 0. The minimum Gasteiger partial charge on any atom is -0.485 e. The van der Waals surface area contributed by atoms with Crippen molar-refractivity contribution in [3.8, 4) is 5.75 Å². The van der Waals surface area contributed by atoms with Crippen molar-refractivity contribution < 1.29 is 9.15 Å². The van der Waals surface area contributed by atoms with E-state index in [1.54, 1.807) is 13.0 Å². The molecule has 2 heterocycles. The molecule has 84 valence electrons. The first-order valence-electron chi connectivity index (χ1n) is 5.48. The summed E-state index contributed by atoms with van der Waals surface area (Å²) in [5, 5.41) is 3.18. The van der Waals surface area contributed by atoms with Gasteiger partial charge in [-0.2, -0.15) is 0 Å². The highest BCUT2D eigenvalue weighted by Gasteiger charge is 2.31. The maximum Gasteiger partial charge on any atom is 0.363 e. The van der Waals surface area contributed by atoms with Crippen LogP contribution in [0.1, 0.15) is 18.6 Å². The lowest BCUT2D eigenvalue weighted by molar-refractivity contribution is 0.167. The van der Waals surface area contributed by atoms with Gasteiger partial charge in [0.15, 0.2) is 11.4 Å². The Morgan fingerprint density at radius 2 is 2.38 bits per heavy atom. The quantitative estimate of drug-likeness (QED) is 0.676. The molecule has 1 aromatic rings. The van der Waals surface area contributed by atoms with E-state index in [0.29, 0.717) is 17.2 Å². The highest BCUT2D eigenvalue weighted by atomic mass is 16.5. The number of rotatable bonds is 0. The Labute approximate surface area is 92.9 Å². The summed E-state index contributed by atoms with van der Waals surface area (Å²) in [6.45, 7) is 1.75. The van der Waals surface area contributed by atoms with Gasteiger partial charge in [0.1, 0.15) is 11.9 Å². The van der Waals surface area contributed by atoms with Gasteiger partial charge in [-0.25, -0.2) is 4.79 Å². The van der Waals surface area contributed by atoms with Crippen LogP contribution < -0.4 is 15.7 Å². The van der Waals surface area contributed by atoms with E-state index < -0.39 is 0 Å². The summed E-state index contributed by atoms with van der Waals surface area (Å²) in [7, 11) is 0. The van der Waals surface area contributed by atoms with Crippen molar-refractivity contribution >= 4 is 5.69 Å². The van der Waals surface area contributed by atoms with Crippen LogP contribution in [0.4, 0.5) is 5.69 Å². The molecule has 0 saturated heterocycles. The average molecular weight is 219 g/mol. The van der Waals surface area contributed by atoms with Crippen molar-refractivity contribution in [1.82, 2.24) is 0 Å². The highest BCUT2D eigenvalue weighted by Crippen LogP contribution is 2.32. The zero-order valence-electron chi connectivity index (χ0n) is 9.03. The molecule has 0 fully saturated rings. The standard InChI is InChI=1S/C12H13NO3/c1-7-6-10-11(12(14)15-7)13-8-4-2-3-5-9(8)16-10/h2,4,6,8-9,13H,3,5H2,1H3/t8-,9+/m0/s1. The second-order valence-electron chi connectivity index (χ2n) is 4.22. The molecule has 2 atom stereocenters. The Bertz CT molecular complexity index is 503. The molecule has 0 unspecified atom stereocenters. The zero-order valence-corrected chi connectivity index (χ0v) is 9.03. The van der Waals surface area contributed by atoms with Gasteiger partial charge in [0.05, 0.1) is 6.04 Å². The van der Waals surface area contributed by atoms with E-state index in [4.69, 9.17) is 9.15 Å². The molecule has 0 spiro atoms. The van der Waals surface area contributed by atoms with Crippen LogP contribution in [0.3, 0.4) is 0 Å². The Kier molecular flexibility index (Phi) is 2.02. The number of hydrogen-bond donors (Lipinski definition) is 1. The Morgan fingerprint density at radius 3 is 3.25 bits per heavy atom. The molecule has 4 nitrogen and oxygen atoms in total. The average Bonchev–Trinajstić information content (AvgIpc) is 2.27. The van der Waals surface area contributed by atoms with Crippen LogP contribution in [0.2, 0.25) is 0 Å². The van der Waals surface area contributed by atoms with Crippen LogP contribution in [-0.4, -0.2) is 12.1 Å². The summed E-state index contributed by atoms with van der Waals surface area (Å²) in [5.41, 5.74) is 0.0887. The normalized spacial score (nSPS) is 26.3. The van der Waals surface area contributed by atoms with Crippen molar-refractivity contribution in [2.24, 2.45) is 0 Å². The molecule has 0 aromatic carbocycles. The van der Waals surface area contributed by atoms with Crippen LogP contribution in [0.25, 0.3) is 0 Å². The van der Waals surface area contributed by atoms with E-state index >= 15 is 0 Å². The van der Waals surface area contributed by atoms with Crippen molar-refractivity contribution in [2.45, 2.75) is 31.9 Å². The Balaban J connectivity index is 2.06. The third-order valence-electron chi connectivity index (χ3n) is 2.99. The van der Waals surface area contributed by atoms with Gasteiger partial charge in [-0.05, 0) is 19.8 Å². The maximum atomic E-state index is 11.6. The van der Waals surface area contributed by atoms with Gasteiger partial charge in [-0.3, -0.25) is 0 Å². The van der Waals surface area contributed by atoms with Crippen LogP contribution in [-0.2, 0) is 0 Å². The third-order valence-corrected chi connectivity index (χ3v) is 2.99. The first-order chi connectivity index (χ1) is 7.74. The van der Waals surface area contributed by atoms with Gasteiger partial charge in [0, 0.05) is 6.07 Å². The summed E-state index contributed by atoms with van der Waals surface area (Å²) in [5.74, 6) is 1.20. The number of anilines is 1. The predicted molar refractivity (Wildman–Crippen MR) is 59.9 cm³/mol. The predicted octanol–water partition coefficient (Wildman–Crippen LogP) is 1.84. The summed E-state index contributed by atoms with van der Waals surface area (Å²) in [4.78, 5) is 11.6. The minimum absolute atomic E-state index is 0.0897. The van der Waals surface area contributed by atoms with Crippen LogP contribution in [0, 0.1) is 6.92 Å². The van der Waals surface area contributed by atoms with E-state index in [1.165, 1.54) is 0 Å². The topological polar surface area (TPSA) is 51.5 Å². The lowest BCUT2D eigenvalue weighted by Crippen LogP contribution is -2.43. The number of fused-ring (bicyclic) bond motifs is 2. The van der Waals surface area contributed by atoms with Crippen molar-refractivity contribution in [3.05, 3.63) is 34.4 Å². The van der Waals surface area contributed by atoms with Gasteiger partial charge >= 0.3 is 5.63 Å². The molecule has 1 aromatic heterocycles. The second-order valence-corrected chi connectivity index (χ2v) is 4.22. The van der Waals surface area contributed by atoms with Crippen molar-refractivity contribution in [2.75, 3.05) is 5.32 Å². The Hall–Kier alpha value is -1.71. The molecule has 0 amide bonds. The molecule has 4 heteroatoms. The Morgan fingerprint density at radius 1 is 1.50 bits per heavy atom. The van der Waals surface area contributed by atoms with E-state index in [0.717, 1.165) is 12.8 Å². The first kappa shape index (κ1) is 9.51. The van der Waals surface area contributed by atoms with Crippen LogP contribution in [0.5, 0.6) is 5.75 Å². The minimum atomic E-state index is -0.354. The third kappa shape index (κ3) is 1.41. The van der Waals surface area contributed by atoms with E-state index in [1.807, 2.05) is 0 Å². The fourth-order valence-electron chi connectivity index (χ4n) is 2.22. The largest absolute Gasteiger partial charge is 0.485 e. The fourth-order valence-corrected chi connectivity index (χ4v) is 2.22. The van der Waals surface area contributed by atoms with E-state index in [-0.39, 0.29) is 17.8 Å². The van der Waals surface area contributed by atoms with E-state index in [9.17, 15) is 4.79 Å². The van der Waals surface area contributed by atoms with Gasteiger partial charge < -0.3 is 14.5 Å². The molecular weight excluding hydrogens is 206 g/mol.